The smallest absolute Gasteiger partial charge is 0.310 e. The summed E-state index contributed by atoms with van der Waals surface area (Å²) >= 11 is 0. The summed E-state index contributed by atoms with van der Waals surface area (Å²) in [4.78, 5) is 40.6. The van der Waals surface area contributed by atoms with Crippen LogP contribution in [0.2, 0.25) is 0 Å². The topological polar surface area (TPSA) is 107 Å². The zero-order valence-electron chi connectivity index (χ0n) is 18.4. The average molecular weight is 438 g/mol. The van der Waals surface area contributed by atoms with Crippen LogP contribution in [0.25, 0.3) is 5.65 Å². The summed E-state index contributed by atoms with van der Waals surface area (Å²) < 4.78 is 12.2. The van der Waals surface area contributed by atoms with Gasteiger partial charge in [-0.1, -0.05) is 19.4 Å². The fourth-order valence-corrected chi connectivity index (χ4v) is 3.49. The molecule has 0 atom stereocenters. The molecule has 0 bridgehead atoms. The molecule has 168 valence electrons. The second-order valence-electron chi connectivity index (χ2n) is 7.33. The molecule has 0 saturated heterocycles. The molecule has 0 aliphatic heterocycles. The van der Waals surface area contributed by atoms with E-state index in [0.29, 0.717) is 28.9 Å². The van der Waals surface area contributed by atoms with Gasteiger partial charge in [-0.15, -0.1) is 0 Å². The molecule has 8 nitrogen and oxygen atoms in total. The number of hydrogen-bond donors (Lipinski definition) is 1. The van der Waals surface area contributed by atoms with E-state index in [9.17, 15) is 19.5 Å². The second-order valence-corrected chi connectivity index (χ2v) is 7.33. The minimum Gasteiger partial charge on any atom is -0.507 e. The van der Waals surface area contributed by atoms with Crippen molar-refractivity contribution in [1.82, 2.24) is 9.38 Å². The van der Waals surface area contributed by atoms with Crippen molar-refractivity contribution >= 4 is 17.4 Å². The Morgan fingerprint density at radius 2 is 1.94 bits per heavy atom. The van der Waals surface area contributed by atoms with E-state index in [-0.39, 0.29) is 47.9 Å². The number of phenols is 1. The number of aromatic nitrogens is 2. The number of nitrogens with zero attached hydrogens (tertiary/aromatic N) is 2. The van der Waals surface area contributed by atoms with Crippen LogP contribution in [0, 0.1) is 0 Å². The van der Waals surface area contributed by atoms with Crippen molar-refractivity contribution in [3.63, 3.8) is 0 Å². The maximum Gasteiger partial charge on any atom is 0.310 e. The maximum atomic E-state index is 12.8. The summed E-state index contributed by atoms with van der Waals surface area (Å²) in [6.07, 6.45) is 4.13. The number of phenolic OH excluding ortho intramolecular Hbond substituents is 1. The number of benzene rings is 1. The number of rotatable bonds is 9. The van der Waals surface area contributed by atoms with E-state index in [1.807, 2.05) is 6.92 Å². The van der Waals surface area contributed by atoms with Gasteiger partial charge in [-0.05, 0) is 38.5 Å². The first kappa shape index (κ1) is 23.0. The number of fused-ring (bicyclic) bond motifs is 1. The number of carbonyl (C=O) groups excluding carboxylic acids is 2. The Labute approximate surface area is 185 Å². The molecular formula is C24H26N2O6. The number of ether oxygens (including phenoxy) is 2. The molecule has 3 rings (SSSR count). The van der Waals surface area contributed by atoms with E-state index in [0.717, 1.165) is 6.42 Å². The van der Waals surface area contributed by atoms with Crippen LogP contribution in [-0.4, -0.2) is 32.9 Å². The molecule has 0 spiro atoms. The van der Waals surface area contributed by atoms with E-state index in [2.05, 4.69) is 4.98 Å². The highest BCUT2D eigenvalue weighted by molar-refractivity contribution is 5.97. The monoisotopic (exact) mass is 438 g/mol. The lowest BCUT2D eigenvalue weighted by Gasteiger charge is -2.15. The van der Waals surface area contributed by atoms with Crippen molar-refractivity contribution in [3.05, 3.63) is 69.3 Å². The van der Waals surface area contributed by atoms with Gasteiger partial charge in [0.2, 0.25) is 0 Å². The quantitative estimate of drug-likeness (QED) is 0.404. The molecule has 0 fully saturated rings. The first-order valence-corrected chi connectivity index (χ1v) is 10.5. The first-order valence-electron chi connectivity index (χ1n) is 10.5. The highest BCUT2D eigenvalue weighted by Gasteiger charge is 2.17. The molecule has 32 heavy (non-hydrogen) atoms. The lowest BCUT2D eigenvalue weighted by molar-refractivity contribution is -0.142. The Morgan fingerprint density at radius 1 is 1.16 bits per heavy atom. The molecule has 0 amide bonds. The average Bonchev–Trinajstić information content (AvgIpc) is 2.76. The van der Waals surface area contributed by atoms with Gasteiger partial charge in [0.15, 0.2) is 5.78 Å². The summed E-state index contributed by atoms with van der Waals surface area (Å²) in [5.41, 5.74) is 1.79. The zero-order valence-corrected chi connectivity index (χ0v) is 18.4. The Balaban J connectivity index is 1.91. The number of hydrogen-bond acceptors (Lipinski definition) is 7. The van der Waals surface area contributed by atoms with Crippen LogP contribution in [0.1, 0.15) is 54.2 Å². The van der Waals surface area contributed by atoms with E-state index < -0.39 is 5.97 Å². The van der Waals surface area contributed by atoms with Gasteiger partial charge in [0, 0.05) is 29.1 Å². The standard InChI is InChI=1S/C24H26N2O6/c1-4-7-19-20(10-9-18(15(3)27)22(19)29)32-14-16-8-6-11-26-23(16)25-13-17(24(26)30)12-21(28)31-5-2/h6,8-11,13,29H,4-5,7,12,14H2,1-3H3. The van der Waals surface area contributed by atoms with Crippen molar-refractivity contribution in [2.24, 2.45) is 0 Å². The van der Waals surface area contributed by atoms with Gasteiger partial charge in [-0.3, -0.25) is 18.8 Å². The first-order chi connectivity index (χ1) is 15.4. The number of aromatic hydroxyl groups is 1. The van der Waals surface area contributed by atoms with Gasteiger partial charge in [-0.25, -0.2) is 4.98 Å². The molecule has 1 aromatic carbocycles. The second kappa shape index (κ2) is 10.1. The predicted molar refractivity (Wildman–Crippen MR) is 118 cm³/mol. The van der Waals surface area contributed by atoms with E-state index in [1.54, 1.807) is 37.4 Å². The molecule has 0 aliphatic rings. The number of Topliss-reactive ketones (excluding diaryl/α,β-unsaturated/α-hetero) is 1. The summed E-state index contributed by atoms with van der Waals surface area (Å²) in [7, 11) is 0. The van der Waals surface area contributed by atoms with Crippen molar-refractivity contribution in [1.29, 1.82) is 0 Å². The van der Waals surface area contributed by atoms with E-state index >= 15 is 0 Å². The molecule has 1 N–H and O–H groups in total. The van der Waals surface area contributed by atoms with Gasteiger partial charge < -0.3 is 14.6 Å². The van der Waals surface area contributed by atoms with Crippen molar-refractivity contribution in [2.45, 2.75) is 46.6 Å². The van der Waals surface area contributed by atoms with Gasteiger partial charge in [0.1, 0.15) is 23.8 Å². The van der Waals surface area contributed by atoms with E-state index in [4.69, 9.17) is 9.47 Å². The lowest BCUT2D eigenvalue weighted by Crippen LogP contribution is -2.23. The largest absolute Gasteiger partial charge is 0.507 e. The zero-order chi connectivity index (χ0) is 23.3. The summed E-state index contributed by atoms with van der Waals surface area (Å²) in [5.74, 6) is -0.295. The number of carbonyl (C=O) groups is 2. The minimum absolute atomic E-state index is 0.0623. The summed E-state index contributed by atoms with van der Waals surface area (Å²) in [6, 6.07) is 6.70. The van der Waals surface area contributed by atoms with Gasteiger partial charge in [0.25, 0.3) is 5.56 Å². The highest BCUT2D eigenvalue weighted by atomic mass is 16.5. The van der Waals surface area contributed by atoms with Crippen molar-refractivity contribution < 1.29 is 24.2 Å². The predicted octanol–water partition coefficient (Wildman–Crippen LogP) is 3.24. The SMILES string of the molecule is CCCc1c(OCc2cccn3c(=O)c(CC(=O)OCC)cnc23)ccc(C(C)=O)c1O. The molecule has 0 unspecified atom stereocenters. The van der Waals surface area contributed by atoms with Crippen LogP contribution in [0.5, 0.6) is 11.5 Å². The van der Waals surface area contributed by atoms with Crippen LogP contribution in [-0.2, 0) is 29.0 Å². The third kappa shape index (κ3) is 4.80. The van der Waals surface area contributed by atoms with Crippen LogP contribution < -0.4 is 10.3 Å². The third-order valence-corrected chi connectivity index (χ3v) is 5.03. The highest BCUT2D eigenvalue weighted by Crippen LogP contribution is 2.33. The molecule has 2 aromatic heterocycles. The molecule has 2 heterocycles. The van der Waals surface area contributed by atoms with Gasteiger partial charge in [-0.2, -0.15) is 0 Å². The van der Waals surface area contributed by atoms with E-state index in [1.165, 1.54) is 17.5 Å². The van der Waals surface area contributed by atoms with Gasteiger partial charge in [0.05, 0.1) is 18.6 Å². The van der Waals surface area contributed by atoms with Crippen LogP contribution >= 0.6 is 0 Å². The normalized spacial score (nSPS) is 10.8. The fourth-order valence-electron chi connectivity index (χ4n) is 3.49. The van der Waals surface area contributed by atoms with Crippen LogP contribution in [0.4, 0.5) is 0 Å². The summed E-state index contributed by atoms with van der Waals surface area (Å²) in [5, 5.41) is 10.5. The Morgan fingerprint density at radius 3 is 2.62 bits per heavy atom. The number of pyridine rings is 1. The molecule has 0 radical (unpaired) electrons. The lowest BCUT2D eigenvalue weighted by atomic mass is 10.0. The van der Waals surface area contributed by atoms with Crippen molar-refractivity contribution in [2.75, 3.05) is 6.61 Å². The number of esters is 1. The third-order valence-electron chi connectivity index (χ3n) is 5.03. The Kier molecular flexibility index (Phi) is 7.25. The Hall–Kier alpha value is -3.68. The van der Waals surface area contributed by atoms with Gasteiger partial charge >= 0.3 is 5.97 Å². The summed E-state index contributed by atoms with van der Waals surface area (Å²) in [6.45, 7) is 5.42. The minimum atomic E-state index is -0.483. The fraction of sp³-hybridized carbons (Fsp3) is 0.333. The molecular weight excluding hydrogens is 412 g/mol. The molecule has 8 heteroatoms. The number of ketones is 1. The van der Waals surface area contributed by atoms with Crippen LogP contribution in [0.3, 0.4) is 0 Å². The van der Waals surface area contributed by atoms with Crippen LogP contribution in [0.15, 0.2) is 41.5 Å². The molecule has 3 aromatic rings. The molecule has 0 saturated carbocycles. The van der Waals surface area contributed by atoms with Crippen molar-refractivity contribution in [3.8, 4) is 11.5 Å². The maximum absolute atomic E-state index is 12.8. The molecule has 0 aliphatic carbocycles. The Bertz CT molecular complexity index is 1220.